The molecule has 2 aromatic carbocycles. The summed E-state index contributed by atoms with van der Waals surface area (Å²) in [4.78, 5) is 29.6. The van der Waals surface area contributed by atoms with Gasteiger partial charge in [-0.05, 0) is 42.7 Å². The minimum atomic E-state index is -0.234. The molecule has 6 nitrogen and oxygen atoms in total. The Hall–Kier alpha value is -3.41. The van der Waals surface area contributed by atoms with Crippen molar-refractivity contribution in [2.24, 2.45) is 0 Å². The summed E-state index contributed by atoms with van der Waals surface area (Å²) in [6.45, 7) is 0.700. The second-order valence-electron chi connectivity index (χ2n) is 7.74. The first-order chi connectivity index (χ1) is 14.7. The van der Waals surface area contributed by atoms with E-state index in [-0.39, 0.29) is 17.9 Å². The van der Waals surface area contributed by atoms with E-state index in [0.717, 1.165) is 31.2 Å². The molecule has 1 heterocycles. The van der Waals surface area contributed by atoms with Crippen molar-refractivity contribution in [3.63, 3.8) is 0 Å². The van der Waals surface area contributed by atoms with Crippen LogP contribution in [0.15, 0.2) is 67.3 Å². The van der Waals surface area contributed by atoms with Crippen molar-refractivity contribution in [1.82, 2.24) is 14.9 Å². The molecule has 1 aliphatic rings. The van der Waals surface area contributed by atoms with Crippen molar-refractivity contribution in [3.8, 4) is 0 Å². The predicted molar refractivity (Wildman–Crippen MR) is 117 cm³/mol. The van der Waals surface area contributed by atoms with Gasteiger partial charge in [-0.15, -0.1) is 0 Å². The summed E-state index contributed by atoms with van der Waals surface area (Å²) in [5.74, 6) is -0.365. The van der Waals surface area contributed by atoms with Gasteiger partial charge in [0.2, 0.25) is 0 Å². The molecule has 154 valence electrons. The molecule has 1 aromatic heterocycles. The smallest absolute Gasteiger partial charge is 0.255 e. The lowest BCUT2D eigenvalue weighted by molar-refractivity contribution is 0.0928. The molecule has 0 saturated heterocycles. The Morgan fingerprint density at radius 1 is 0.967 bits per heavy atom. The Balaban J connectivity index is 1.42. The van der Waals surface area contributed by atoms with E-state index in [9.17, 15) is 9.59 Å². The van der Waals surface area contributed by atoms with Crippen LogP contribution in [-0.2, 0) is 6.54 Å². The first-order valence-electron chi connectivity index (χ1n) is 10.4. The Morgan fingerprint density at radius 3 is 2.47 bits per heavy atom. The number of nitrogens with zero attached hydrogens (tertiary/aromatic N) is 2. The Labute approximate surface area is 176 Å². The second-order valence-corrected chi connectivity index (χ2v) is 7.74. The van der Waals surface area contributed by atoms with Gasteiger partial charge >= 0.3 is 0 Å². The molecule has 0 unspecified atom stereocenters. The van der Waals surface area contributed by atoms with E-state index in [4.69, 9.17) is 0 Å². The number of para-hydroxylation sites is 1. The van der Waals surface area contributed by atoms with Gasteiger partial charge in [0.15, 0.2) is 0 Å². The van der Waals surface area contributed by atoms with Crippen molar-refractivity contribution >= 4 is 17.5 Å². The van der Waals surface area contributed by atoms with Gasteiger partial charge in [0, 0.05) is 30.5 Å². The maximum Gasteiger partial charge on any atom is 0.255 e. The minimum absolute atomic E-state index is 0.131. The molecule has 1 fully saturated rings. The van der Waals surface area contributed by atoms with Gasteiger partial charge in [-0.2, -0.15) is 0 Å². The van der Waals surface area contributed by atoms with E-state index in [1.54, 1.807) is 36.8 Å². The number of carbonyl (C=O) groups is 2. The fourth-order valence-corrected chi connectivity index (χ4v) is 3.85. The van der Waals surface area contributed by atoms with E-state index in [0.29, 0.717) is 23.4 Å². The van der Waals surface area contributed by atoms with Crippen molar-refractivity contribution < 1.29 is 9.59 Å². The second kappa shape index (κ2) is 9.39. The number of carbonyl (C=O) groups excluding carboxylic acids is 2. The molecule has 0 aliphatic heterocycles. The van der Waals surface area contributed by atoms with Crippen molar-refractivity contribution in [1.29, 1.82) is 0 Å². The van der Waals surface area contributed by atoms with Crippen LogP contribution in [0.5, 0.6) is 0 Å². The third kappa shape index (κ3) is 4.95. The number of aromatic nitrogens is 2. The SMILES string of the molecule is O=C(Nc1ccccc1C(=O)NC1CCCCC1)c1ccc(Cn2ccnc2)cc1. The summed E-state index contributed by atoms with van der Waals surface area (Å²) in [5, 5.41) is 6.01. The molecule has 0 atom stereocenters. The zero-order valence-electron chi connectivity index (χ0n) is 16.9. The molecule has 1 saturated carbocycles. The zero-order chi connectivity index (χ0) is 20.8. The van der Waals surface area contributed by atoms with Gasteiger partial charge in [0.05, 0.1) is 17.6 Å². The van der Waals surface area contributed by atoms with E-state index < -0.39 is 0 Å². The van der Waals surface area contributed by atoms with E-state index >= 15 is 0 Å². The Morgan fingerprint density at radius 2 is 1.73 bits per heavy atom. The highest BCUT2D eigenvalue weighted by Crippen LogP contribution is 2.20. The molecule has 6 heteroatoms. The Kier molecular flexibility index (Phi) is 6.23. The maximum absolute atomic E-state index is 12.8. The summed E-state index contributed by atoms with van der Waals surface area (Å²) in [5.41, 5.74) is 2.65. The molecule has 0 radical (unpaired) electrons. The minimum Gasteiger partial charge on any atom is -0.349 e. The first kappa shape index (κ1) is 19.9. The monoisotopic (exact) mass is 402 g/mol. The number of hydrogen-bond donors (Lipinski definition) is 2. The Bertz CT molecular complexity index is 990. The number of benzene rings is 2. The van der Waals surface area contributed by atoms with Crippen molar-refractivity contribution in [2.75, 3.05) is 5.32 Å². The number of rotatable bonds is 6. The summed E-state index contributed by atoms with van der Waals surface area (Å²) in [7, 11) is 0. The molecule has 0 bridgehead atoms. The van der Waals surface area contributed by atoms with E-state index in [1.807, 2.05) is 35.0 Å². The van der Waals surface area contributed by atoms with Gasteiger partial charge in [-0.1, -0.05) is 43.5 Å². The van der Waals surface area contributed by atoms with Crippen LogP contribution in [0.3, 0.4) is 0 Å². The highest BCUT2D eigenvalue weighted by Gasteiger charge is 2.19. The average molecular weight is 402 g/mol. The molecule has 0 spiro atoms. The van der Waals surface area contributed by atoms with Crippen LogP contribution in [0.2, 0.25) is 0 Å². The largest absolute Gasteiger partial charge is 0.349 e. The number of imidazole rings is 1. The molecule has 2 N–H and O–H groups in total. The van der Waals surface area contributed by atoms with Crippen LogP contribution in [0, 0.1) is 0 Å². The third-order valence-electron chi connectivity index (χ3n) is 5.50. The van der Waals surface area contributed by atoms with E-state index in [1.165, 1.54) is 6.42 Å². The molecule has 2 amide bonds. The molecule has 1 aliphatic carbocycles. The number of amides is 2. The summed E-state index contributed by atoms with van der Waals surface area (Å²) >= 11 is 0. The normalized spacial score (nSPS) is 14.3. The highest BCUT2D eigenvalue weighted by molar-refractivity contribution is 6.09. The van der Waals surface area contributed by atoms with Crippen LogP contribution in [0.1, 0.15) is 58.4 Å². The third-order valence-corrected chi connectivity index (χ3v) is 5.50. The lowest BCUT2D eigenvalue weighted by atomic mass is 9.95. The predicted octanol–water partition coefficient (Wildman–Crippen LogP) is 4.25. The van der Waals surface area contributed by atoms with Gasteiger partial charge in [0.25, 0.3) is 11.8 Å². The summed E-state index contributed by atoms with van der Waals surface area (Å²) in [6, 6.07) is 14.8. The fourth-order valence-electron chi connectivity index (χ4n) is 3.85. The van der Waals surface area contributed by atoms with Gasteiger partial charge < -0.3 is 15.2 Å². The van der Waals surface area contributed by atoms with Crippen LogP contribution >= 0.6 is 0 Å². The van der Waals surface area contributed by atoms with Crippen LogP contribution in [0.25, 0.3) is 0 Å². The lowest BCUT2D eigenvalue weighted by Crippen LogP contribution is -2.36. The van der Waals surface area contributed by atoms with Crippen LogP contribution in [-0.4, -0.2) is 27.4 Å². The quantitative estimate of drug-likeness (QED) is 0.647. The van der Waals surface area contributed by atoms with Crippen LogP contribution in [0.4, 0.5) is 5.69 Å². The van der Waals surface area contributed by atoms with Gasteiger partial charge in [-0.3, -0.25) is 9.59 Å². The molecule has 3 aromatic rings. The topological polar surface area (TPSA) is 76.0 Å². The maximum atomic E-state index is 12.8. The van der Waals surface area contributed by atoms with Gasteiger partial charge in [0.1, 0.15) is 0 Å². The first-order valence-corrected chi connectivity index (χ1v) is 10.4. The van der Waals surface area contributed by atoms with Crippen molar-refractivity contribution in [2.45, 2.75) is 44.7 Å². The van der Waals surface area contributed by atoms with E-state index in [2.05, 4.69) is 15.6 Å². The number of anilines is 1. The van der Waals surface area contributed by atoms with Crippen LogP contribution < -0.4 is 10.6 Å². The fraction of sp³-hybridized carbons (Fsp3) is 0.292. The number of hydrogen-bond acceptors (Lipinski definition) is 3. The number of nitrogens with one attached hydrogen (secondary N) is 2. The highest BCUT2D eigenvalue weighted by atomic mass is 16.2. The molecular formula is C24H26N4O2. The molecule has 30 heavy (non-hydrogen) atoms. The zero-order valence-corrected chi connectivity index (χ0v) is 16.9. The van der Waals surface area contributed by atoms with Crippen molar-refractivity contribution in [3.05, 3.63) is 83.9 Å². The summed E-state index contributed by atoms with van der Waals surface area (Å²) in [6.07, 6.45) is 11.0. The average Bonchev–Trinajstić information content (AvgIpc) is 3.28. The molecule has 4 rings (SSSR count). The summed E-state index contributed by atoms with van der Waals surface area (Å²) < 4.78 is 1.97. The lowest BCUT2D eigenvalue weighted by Gasteiger charge is -2.23. The standard InChI is InChI=1S/C24H26N4O2/c29-23(19-12-10-18(11-13-19)16-28-15-14-25-17-28)27-22-9-5-4-8-21(22)24(30)26-20-6-2-1-3-7-20/h4-5,8-15,17,20H,1-3,6-7,16H2,(H,26,30)(H,27,29). The van der Waals surface area contributed by atoms with Gasteiger partial charge in [-0.25, -0.2) is 4.98 Å². The molecular weight excluding hydrogens is 376 g/mol.